The monoisotopic (exact) mass is 342 g/mol. The van der Waals surface area contributed by atoms with Gasteiger partial charge in [-0.1, -0.05) is 24.3 Å². The van der Waals surface area contributed by atoms with Crippen molar-refractivity contribution in [3.05, 3.63) is 42.0 Å². The molecule has 0 fully saturated rings. The Bertz CT molecular complexity index is 618. The minimum Gasteiger partial charge on any atom is -0.462 e. The van der Waals surface area contributed by atoms with Crippen LogP contribution in [0.3, 0.4) is 0 Å². The molecule has 7 heteroatoms. The van der Waals surface area contributed by atoms with Crippen molar-refractivity contribution in [1.29, 1.82) is 0 Å². The summed E-state index contributed by atoms with van der Waals surface area (Å²) >= 11 is 0. The van der Waals surface area contributed by atoms with Gasteiger partial charge in [-0.25, -0.2) is 4.79 Å². The quantitative estimate of drug-likeness (QED) is 0.281. The van der Waals surface area contributed by atoms with Crippen LogP contribution in [0, 0.1) is 6.92 Å². The highest BCUT2D eigenvalue weighted by Crippen LogP contribution is 2.12. The summed E-state index contributed by atoms with van der Waals surface area (Å²) in [4.78, 5) is 11.2. The van der Waals surface area contributed by atoms with Gasteiger partial charge in [0.1, 0.15) is 0 Å². The van der Waals surface area contributed by atoms with Crippen molar-refractivity contribution >= 4 is 16.1 Å². The van der Waals surface area contributed by atoms with Crippen molar-refractivity contribution in [2.24, 2.45) is 0 Å². The van der Waals surface area contributed by atoms with Gasteiger partial charge in [0.25, 0.3) is 10.1 Å². The van der Waals surface area contributed by atoms with Crippen LogP contribution in [-0.2, 0) is 28.6 Å². The van der Waals surface area contributed by atoms with E-state index in [2.05, 4.69) is 6.58 Å². The fourth-order valence-corrected chi connectivity index (χ4v) is 2.42. The third kappa shape index (κ3) is 7.40. The third-order valence-electron chi connectivity index (χ3n) is 2.79. The summed E-state index contributed by atoms with van der Waals surface area (Å²) in [7, 11) is -3.75. The van der Waals surface area contributed by atoms with Gasteiger partial charge < -0.3 is 9.47 Å². The molecule has 0 bridgehead atoms. The van der Waals surface area contributed by atoms with Crippen LogP contribution in [0.1, 0.15) is 18.9 Å². The number of aryl methyl sites for hydroxylation is 1. The van der Waals surface area contributed by atoms with E-state index in [-0.39, 0.29) is 24.7 Å². The molecule has 0 unspecified atom stereocenters. The fraction of sp³-hybridized carbons (Fsp3) is 0.438. The normalized spacial score (nSPS) is 11.2. The second-order valence-corrected chi connectivity index (χ2v) is 6.59. The summed E-state index contributed by atoms with van der Waals surface area (Å²) in [5.74, 6) is -0.433. The molecule has 1 aromatic rings. The Morgan fingerprint density at radius 3 is 2.35 bits per heavy atom. The largest absolute Gasteiger partial charge is 0.462 e. The fourth-order valence-electron chi connectivity index (χ4n) is 1.53. The van der Waals surface area contributed by atoms with Crippen LogP contribution in [-0.4, -0.2) is 40.8 Å². The number of rotatable bonds is 10. The Hall–Kier alpha value is -1.70. The zero-order chi connectivity index (χ0) is 17.3. The van der Waals surface area contributed by atoms with Gasteiger partial charge in [0.05, 0.1) is 24.7 Å². The van der Waals surface area contributed by atoms with Crippen LogP contribution in [0.5, 0.6) is 0 Å². The molecule has 0 amide bonds. The van der Waals surface area contributed by atoms with Crippen LogP contribution in [0.2, 0.25) is 0 Å². The van der Waals surface area contributed by atoms with E-state index < -0.39 is 16.1 Å². The molecule has 0 aromatic heterocycles. The number of ether oxygens (including phenoxy) is 2. The van der Waals surface area contributed by atoms with Gasteiger partial charge in [0, 0.05) is 18.6 Å². The van der Waals surface area contributed by atoms with Gasteiger partial charge in [-0.3, -0.25) is 4.18 Å². The maximum atomic E-state index is 11.9. The van der Waals surface area contributed by atoms with Crippen molar-refractivity contribution in [3.8, 4) is 0 Å². The molecule has 0 atom stereocenters. The summed E-state index contributed by atoms with van der Waals surface area (Å²) in [6.45, 7) is 7.56. The van der Waals surface area contributed by atoms with Crippen molar-refractivity contribution in [3.63, 3.8) is 0 Å². The van der Waals surface area contributed by atoms with Crippen molar-refractivity contribution in [2.75, 3.05) is 26.4 Å². The highest BCUT2D eigenvalue weighted by Gasteiger charge is 2.14. The second kappa shape index (κ2) is 9.44. The van der Waals surface area contributed by atoms with Crippen LogP contribution >= 0.6 is 0 Å². The summed E-state index contributed by atoms with van der Waals surface area (Å²) < 4.78 is 38.7. The highest BCUT2D eigenvalue weighted by molar-refractivity contribution is 7.86. The number of carbonyl (C=O) groups excluding carboxylic acids is 1. The number of hydrogen-bond donors (Lipinski definition) is 0. The molecule has 1 rings (SSSR count). The van der Waals surface area contributed by atoms with Crippen molar-refractivity contribution in [2.45, 2.75) is 25.2 Å². The smallest absolute Gasteiger partial charge is 0.333 e. The number of benzene rings is 1. The molecule has 23 heavy (non-hydrogen) atoms. The van der Waals surface area contributed by atoms with E-state index in [4.69, 9.17) is 13.7 Å². The highest BCUT2D eigenvalue weighted by atomic mass is 32.2. The van der Waals surface area contributed by atoms with Gasteiger partial charge >= 0.3 is 5.97 Å². The first-order valence-electron chi connectivity index (χ1n) is 7.19. The van der Waals surface area contributed by atoms with Crippen LogP contribution in [0.4, 0.5) is 0 Å². The van der Waals surface area contributed by atoms with Crippen molar-refractivity contribution < 1.29 is 26.9 Å². The number of hydrogen-bond acceptors (Lipinski definition) is 6. The lowest BCUT2D eigenvalue weighted by molar-refractivity contribution is -0.139. The standard InChI is InChI=1S/C16H22O6S/c1-13(2)16(17)21-10-4-9-20-11-12-22-23(18,19)15-7-5-14(3)6-8-15/h5-8H,1,4,9-12H2,2-3H3. The lowest BCUT2D eigenvalue weighted by atomic mass is 10.2. The lowest BCUT2D eigenvalue weighted by Crippen LogP contribution is -2.13. The van der Waals surface area contributed by atoms with Gasteiger partial charge in [0.2, 0.25) is 0 Å². The zero-order valence-corrected chi connectivity index (χ0v) is 14.2. The predicted molar refractivity (Wildman–Crippen MR) is 85.5 cm³/mol. The molecular formula is C16H22O6S. The third-order valence-corrected chi connectivity index (χ3v) is 4.12. The Kier molecular flexibility index (Phi) is 7.94. The molecule has 0 aliphatic heterocycles. The average molecular weight is 342 g/mol. The first kappa shape index (κ1) is 19.3. The first-order chi connectivity index (χ1) is 10.8. The maximum Gasteiger partial charge on any atom is 0.333 e. The molecule has 128 valence electrons. The summed E-state index contributed by atoms with van der Waals surface area (Å²) in [6, 6.07) is 6.42. The van der Waals surface area contributed by atoms with E-state index in [1.54, 1.807) is 19.1 Å². The van der Waals surface area contributed by atoms with Crippen LogP contribution < -0.4 is 0 Å². The molecule has 0 aliphatic carbocycles. The lowest BCUT2D eigenvalue weighted by Gasteiger charge is -2.07. The number of esters is 1. The summed E-state index contributed by atoms with van der Waals surface area (Å²) in [5.41, 5.74) is 1.32. The van der Waals surface area contributed by atoms with E-state index >= 15 is 0 Å². The Labute approximate surface area is 137 Å². The molecule has 6 nitrogen and oxygen atoms in total. The minimum atomic E-state index is -3.75. The average Bonchev–Trinajstić information content (AvgIpc) is 2.50. The van der Waals surface area contributed by atoms with Crippen LogP contribution in [0.15, 0.2) is 41.3 Å². The Morgan fingerprint density at radius 2 is 1.74 bits per heavy atom. The SMILES string of the molecule is C=C(C)C(=O)OCCCOCCOS(=O)(=O)c1ccc(C)cc1. The van der Waals surface area contributed by atoms with E-state index in [0.717, 1.165) is 5.56 Å². The second-order valence-electron chi connectivity index (χ2n) is 4.97. The molecule has 0 saturated heterocycles. The first-order valence-corrected chi connectivity index (χ1v) is 8.60. The number of carbonyl (C=O) groups is 1. The van der Waals surface area contributed by atoms with Gasteiger partial charge in [0.15, 0.2) is 0 Å². The molecule has 1 aromatic carbocycles. The minimum absolute atomic E-state index is 0.0677. The van der Waals surface area contributed by atoms with E-state index in [9.17, 15) is 13.2 Å². The summed E-state index contributed by atoms with van der Waals surface area (Å²) in [5, 5.41) is 0. The molecular weight excluding hydrogens is 320 g/mol. The van der Waals surface area contributed by atoms with E-state index in [0.29, 0.717) is 18.6 Å². The van der Waals surface area contributed by atoms with E-state index in [1.807, 2.05) is 6.92 Å². The molecule has 0 heterocycles. The van der Waals surface area contributed by atoms with E-state index in [1.165, 1.54) is 12.1 Å². The van der Waals surface area contributed by atoms with Gasteiger partial charge in [-0.05, 0) is 26.0 Å². The van der Waals surface area contributed by atoms with Gasteiger partial charge in [-0.15, -0.1) is 0 Å². The van der Waals surface area contributed by atoms with Crippen LogP contribution in [0.25, 0.3) is 0 Å². The van der Waals surface area contributed by atoms with Crippen molar-refractivity contribution in [1.82, 2.24) is 0 Å². The summed E-state index contributed by atoms with van der Waals surface area (Å²) in [6.07, 6.45) is 0.518. The Morgan fingerprint density at radius 1 is 1.09 bits per heavy atom. The molecule has 0 radical (unpaired) electrons. The predicted octanol–water partition coefficient (Wildman–Crippen LogP) is 2.23. The topological polar surface area (TPSA) is 78.9 Å². The zero-order valence-electron chi connectivity index (χ0n) is 13.4. The molecule has 0 aliphatic rings. The van der Waals surface area contributed by atoms with Gasteiger partial charge in [-0.2, -0.15) is 8.42 Å². The maximum absolute atomic E-state index is 11.9. The molecule has 0 N–H and O–H groups in total. The Balaban J connectivity index is 2.16. The molecule has 0 spiro atoms. The molecule has 0 saturated carbocycles.